The van der Waals surface area contributed by atoms with Crippen LogP contribution in [0.25, 0.3) is 22.3 Å². The number of fused-ring (bicyclic) bond motifs is 1. The number of ether oxygens (including phenoxy) is 2. The number of hydrogen-bond donors (Lipinski definition) is 1. The van der Waals surface area contributed by atoms with Crippen LogP contribution in [0.1, 0.15) is 22.8 Å². The number of carbonyl (C=O) groups is 1. The Morgan fingerprint density at radius 1 is 0.968 bits per heavy atom. The van der Waals surface area contributed by atoms with E-state index in [2.05, 4.69) is 15.3 Å². The average Bonchev–Trinajstić information content (AvgIpc) is 2.83. The predicted molar refractivity (Wildman–Crippen MR) is 120 cm³/mol. The number of nitrogens with one attached hydrogen (secondary N) is 1. The molecule has 2 heterocycles. The molecule has 31 heavy (non-hydrogen) atoms. The topological polar surface area (TPSA) is 73.3 Å². The average molecular weight is 413 g/mol. The first kappa shape index (κ1) is 20.3. The van der Waals surface area contributed by atoms with Crippen molar-refractivity contribution in [2.45, 2.75) is 13.5 Å². The van der Waals surface area contributed by atoms with Crippen LogP contribution in [0.3, 0.4) is 0 Å². The standard InChI is InChI=1S/C25H23N3O3/c1-3-31-23-12-11-17(14-24(23)30-2)16-27-25(29)19-15-22(21-10-6-7-13-26-21)28-20-9-5-4-8-18(19)20/h4-15H,3,16H2,1-2H3,(H,27,29). The van der Waals surface area contributed by atoms with E-state index >= 15 is 0 Å². The summed E-state index contributed by atoms with van der Waals surface area (Å²) in [4.78, 5) is 22.2. The van der Waals surface area contributed by atoms with Crippen molar-refractivity contribution in [2.75, 3.05) is 13.7 Å². The van der Waals surface area contributed by atoms with Gasteiger partial charge in [0, 0.05) is 18.1 Å². The van der Waals surface area contributed by atoms with E-state index in [1.807, 2.05) is 67.6 Å². The Bertz CT molecular complexity index is 1210. The number of nitrogens with zero attached hydrogens (tertiary/aromatic N) is 2. The largest absolute Gasteiger partial charge is 0.493 e. The number of hydrogen-bond acceptors (Lipinski definition) is 5. The minimum Gasteiger partial charge on any atom is -0.493 e. The van der Waals surface area contributed by atoms with Gasteiger partial charge < -0.3 is 14.8 Å². The van der Waals surface area contributed by atoms with Gasteiger partial charge in [-0.15, -0.1) is 0 Å². The summed E-state index contributed by atoms with van der Waals surface area (Å²) >= 11 is 0. The van der Waals surface area contributed by atoms with E-state index in [0.717, 1.165) is 22.2 Å². The number of aromatic nitrogens is 2. The van der Waals surface area contributed by atoms with Crippen molar-refractivity contribution in [1.82, 2.24) is 15.3 Å². The molecule has 0 fully saturated rings. The van der Waals surface area contributed by atoms with Gasteiger partial charge in [0.05, 0.1) is 36.2 Å². The lowest BCUT2D eigenvalue weighted by atomic mass is 10.1. The van der Waals surface area contributed by atoms with Gasteiger partial charge in [0.2, 0.25) is 0 Å². The fourth-order valence-corrected chi connectivity index (χ4v) is 3.38. The number of carbonyl (C=O) groups excluding carboxylic acids is 1. The molecule has 1 amide bonds. The molecule has 2 aromatic heterocycles. The molecule has 6 heteroatoms. The maximum atomic E-state index is 13.1. The van der Waals surface area contributed by atoms with Crippen LogP contribution in [0.15, 0.2) is 72.9 Å². The zero-order valence-electron chi connectivity index (χ0n) is 17.5. The SMILES string of the molecule is CCOc1ccc(CNC(=O)c2cc(-c3ccccn3)nc3ccccc23)cc1OC. The summed E-state index contributed by atoms with van der Waals surface area (Å²) in [5.41, 5.74) is 3.60. The van der Waals surface area contributed by atoms with Gasteiger partial charge in [-0.2, -0.15) is 0 Å². The summed E-state index contributed by atoms with van der Waals surface area (Å²) in [6.45, 7) is 2.84. The molecule has 0 saturated carbocycles. The summed E-state index contributed by atoms with van der Waals surface area (Å²) < 4.78 is 11.0. The van der Waals surface area contributed by atoms with E-state index < -0.39 is 0 Å². The van der Waals surface area contributed by atoms with E-state index in [0.29, 0.717) is 35.9 Å². The highest BCUT2D eigenvalue weighted by Crippen LogP contribution is 2.28. The first-order valence-electron chi connectivity index (χ1n) is 10.1. The first-order chi connectivity index (χ1) is 15.2. The van der Waals surface area contributed by atoms with Gasteiger partial charge in [0.1, 0.15) is 0 Å². The highest BCUT2D eigenvalue weighted by atomic mass is 16.5. The molecule has 0 aliphatic heterocycles. The zero-order valence-corrected chi connectivity index (χ0v) is 17.5. The quantitative estimate of drug-likeness (QED) is 0.478. The highest BCUT2D eigenvalue weighted by Gasteiger charge is 2.15. The van der Waals surface area contributed by atoms with Crippen LogP contribution in [0.4, 0.5) is 0 Å². The fraction of sp³-hybridized carbons (Fsp3) is 0.160. The van der Waals surface area contributed by atoms with Gasteiger partial charge in [0.15, 0.2) is 11.5 Å². The van der Waals surface area contributed by atoms with Crippen LogP contribution in [0.5, 0.6) is 11.5 Å². The van der Waals surface area contributed by atoms with Gasteiger partial charge in [-0.05, 0) is 48.9 Å². The molecule has 0 aliphatic carbocycles. The molecule has 4 rings (SSSR count). The molecule has 156 valence electrons. The van der Waals surface area contributed by atoms with Gasteiger partial charge in [-0.1, -0.05) is 30.3 Å². The maximum absolute atomic E-state index is 13.1. The predicted octanol–water partition coefficient (Wildman–Crippen LogP) is 4.63. The number of rotatable bonds is 7. The van der Waals surface area contributed by atoms with Crippen molar-refractivity contribution in [3.63, 3.8) is 0 Å². The van der Waals surface area contributed by atoms with E-state index in [9.17, 15) is 4.79 Å². The molecule has 0 unspecified atom stereocenters. The molecule has 0 aliphatic rings. The maximum Gasteiger partial charge on any atom is 0.252 e. The van der Waals surface area contributed by atoms with Crippen molar-refractivity contribution in [1.29, 1.82) is 0 Å². The summed E-state index contributed by atoms with van der Waals surface area (Å²) in [5, 5.41) is 3.80. The Hall–Kier alpha value is -3.93. The zero-order chi connectivity index (χ0) is 21.6. The van der Waals surface area contributed by atoms with Crippen LogP contribution in [0.2, 0.25) is 0 Å². The minimum absolute atomic E-state index is 0.177. The Labute approximate surface area is 180 Å². The molecule has 0 spiro atoms. The molecule has 0 bridgehead atoms. The summed E-state index contributed by atoms with van der Waals surface area (Å²) in [5.74, 6) is 1.14. The molecule has 0 atom stereocenters. The van der Waals surface area contributed by atoms with Crippen LogP contribution in [-0.2, 0) is 6.54 Å². The third-order valence-corrected chi connectivity index (χ3v) is 4.87. The van der Waals surface area contributed by atoms with E-state index in [1.54, 1.807) is 19.4 Å². The third kappa shape index (κ3) is 4.48. The summed E-state index contributed by atoms with van der Waals surface area (Å²) in [6, 6.07) is 20.7. The molecule has 2 aromatic carbocycles. The number of amides is 1. The van der Waals surface area contributed by atoms with Gasteiger partial charge in [-0.25, -0.2) is 4.98 Å². The highest BCUT2D eigenvalue weighted by molar-refractivity contribution is 6.07. The van der Waals surface area contributed by atoms with E-state index in [4.69, 9.17) is 9.47 Å². The number of benzene rings is 2. The van der Waals surface area contributed by atoms with E-state index in [1.165, 1.54) is 0 Å². The van der Waals surface area contributed by atoms with Gasteiger partial charge in [-0.3, -0.25) is 9.78 Å². The molecule has 1 N–H and O–H groups in total. The third-order valence-electron chi connectivity index (χ3n) is 4.87. The molecule has 4 aromatic rings. The Morgan fingerprint density at radius 2 is 1.81 bits per heavy atom. The Balaban J connectivity index is 1.62. The number of pyridine rings is 2. The summed E-state index contributed by atoms with van der Waals surface area (Å²) in [6.07, 6.45) is 1.71. The van der Waals surface area contributed by atoms with Crippen molar-refractivity contribution in [3.05, 3.63) is 84.1 Å². The monoisotopic (exact) mass is 413 g/mol. The van der Waals surface area contributed by atoms with Crippen molar-refractivity contribution in [3.8, 4) is 22.9 Å². The van der Waals surface area contributed by atoms with Crippen LogP contribution >= 0.6 is 0 Å². The second kappa shape index (κ2) is 9.26. The lowest BCUT2D eigenvalue weighted by Gasteiger charge is -2.13. The minimum atomic E-state index is -0.177. The molecular formula is C25H23N3O3. The second-order valence-corrected chi connectivity index (χ2v) is 6.89. The molecule has 6 nitrogen and oxygen atoms in total. The van der Waals surface area contributed by atoms with Gasteiger partial charge >= 0.3 is 0 Å². The van der Waals surface area contributed by atoms with Crippen LogP contribution < -0.4 is 14.8 Å². The smallest absolute Gasteiger partial charge is 0.252 e. The van der Waals surface area contributed by atoms with Crippen molar-refractivity contribution in [2.24, 2.45) is 0 Å². The molecule has 0 saturated heterocycles. The van der Waals surface area contributed by atoms with Gasteiger partial charge in [0.25, 0.3) is 5.91 Å². The Morgan fingerprint density at radius 3 is 2.58 bits per heavy atom. The van der Waals surface area contributed by atoms with Crippen molar-refractivity contribution < 1.29 is 14.3 Å². The van der Waals surface area contributed by atoms with E-state index in [-0.39, 0.29) is 5.91 Å². The summed E-state index contributed by atoms with van der Waals surface area (Å²) in [7, 11) is 1.60. The lowest BCUT2D eigenvalue weighted by molar-refractivity contribution is 0.0952. The first-order valence-corrected chi connectivity index (χ1v) is 10.1. The lowest BCUT2D eigenvalue weighted by Crippen LogP contribution is -2.23. The van der Waals surface area contributed by atoms with Crippen molar-refractivity contribution >= 4 is 16.8 Å². The van der Waals surface area contributed by atoms with Crippen LogP contribution in [0, 0.1) is 0 Å². The normalized spacial score (nSPS) is 10.6. The fourth-order valence-electron chi connectivity index (χ4n) is 3.38. The number of para-hydroxylation sites is 1. The molecular weight excluding hydrogens is 390 g/mol. The second-order valence-electron chi connectivity index (χ2n) is 6.89. The Kier molecular flexibility index (Phi) is 6.08. The number of methoxy groups -OCH3 is 1. The van der Waals surface area contributed by atoms with Crippen LogP contribution in [-0.4, -0.2) is 29.6 Å². The molecule has 0 radical (unpaired) electrons.